The first-order chi connectivity index (χ1) is 13.8. The van der Waals surface area contributed by atoms with E-state index in [2.05, 4.69) is 26.9 Å². The van der Waals surface area contributed by atoms with Gasteiger partial charge in [-0.1, -0.05) is 77.6 Å². The summed E-state index contributed by atoms with van der Waals surface area (Å²) < 4.78 is 0. The minimum atomic E-state index is -1.76. The molecule has 178 valence electrons. The molecule has 0 radical (unpaired) electrons. The van der Waals surface area contributed by atoms with Gasteiger partial charge in [-0.2, -0.15) is 0 Å². The van der Waals surface area contributed by atoms with E-state index in [0.29, 0.717) is 0 Å². The van der Waals surface area contributed by atoms with Gasteiger partial charge in [0.25, 0.3) is 0 Å². The van der Waals surface area contributed by atoms with Crippen LogP contribution in [0.25, 0.3) is 0 Å². The zero-order valence-corrected chi connectivity index (χ0v) is 22.7. The molecule has 0 amide bonds. The molecule has 0 rings (SSSR count). The standard InChI is InChI=1S/C27H58ClP/c1-5-6-7-8-9-10-11-12-13-14-15-16-17-18-19-20-21-22-23-24-25-26-27-29(2,3,4)28/h5-27H2,1-4H3. The predicted molar refractivity (Wildman–Crippen MR) is 143 cm³/mol. The molecule has 0 N–H and O–H groups in total. The Morgan fingerprint density at radius 1 is 0.379 bits per heavy atom. The number of hydrogen-bond acceptors (Lipinski definition) is 0. The normalized spacial score (nSPS) is 13.5. The Labute approximate surface area is 191 Å². The van der Waals surface area contributed by atoms with Crippen LogP contribution in [0.5, 0.6) is 0 Å². The Morgan fingerprint density at radius 3 is 0.793 bits per heavy atom. The summed E-state index contributed by atoms with van der Waals surface area (Å²) in [5.41, 5.74) is 0. The van der Waals surface area contributed by atoms with Crippen molar-refractivity contribution >= 4 is 17.2 Å². The zero-order valence-electron chi connectivity index (χ0n) is 21.1. The topological polar surface area (TPSA) is 0 Å². The van der Waals surface area contributed by atoms with E-state index in [0.717, 1.165) is 0 Å². The first-order valence-electron chi connectivity index (χ1n) is 13.5. The molecule has 29 heavy (non-hydrogen) atoms. The molecule has 0 aliphatic heterocycles. The summed E-state index contributed by atoms with van der Waals surface area (Å²) >= 11 is 6.61. The molecule has 0 aliphatic carbocycles. The SMILES string of the molecule is CCCCCCCCCCCCCCCCCCCCCCCCP(C)(C)(C)Cl. The summed E-state index contributed by atoms with van der Waals surface area (Å²) in [4.78, 5) is 0. The Hall–Kier alpha value is 0.720. The van der Waals surface area contributed by atoms with Crippen LogP contribution in [-0.2, 0) is 0 Å². The quantitative estimate of drug-likeness (QED) is 0.108. The van der Waals surface area contributed by atoms with Gasteiger partial charge >= 0.3 is 114 Å². The third-order valence-electron chi connectivity index (χ3n) is 6.27. The fourth-order valence-electron chi connectivity index (χ4n) is 4.25. The van der Waals surface area contributed by atoms with Crippen LogP contribution in [0.2, 0.25) is 0 Å². The van der Waals surface area contributed by atoms with E-state index < -0.39 is 5.96 Å². The minimum absolute atomic E-state index is 1.26. The van der Waals surface area contributed by atoms with Crippen LogP contribution >= 0.6 is 17.2 Å². The first kappa shape index (κ1) is 29.7. The van der Waals surface area contributed by atoms with E-state index in [9.17, 15) is 0 Å². The molecule has 0 atom stereocenters. The second-order valence-corrected chi connectivity index (χ2v) is 21.1. The van der Waals surface area contributed by atoms with Crippen molar-refractivity contribution in [3.05, 3.63) is 0 Å². The van der Waals surface area contributed by atoms with Crippen LogP contribution in [0, 0.1) is 0 Å². The van der Waals surface area contributed by atoms with E-state index in [4.69, 9.17) is 11.2 Å². The molecule has 0 saturated carbocycles. The third-order valence-corrected chi connectivity index (χ3v) is 8.60. The van der Waals surface area contributed by atoms with Gasteiger partial charge in [-0.3, -0.25) is 0 Å². The van der Waals surface area contributed by atoms with Gasteiger partial charge in [-0.25, -0.2) is 0 Å². The molecule has 0 saturated heterocycles. The number of hydrogen-bond donors (Lipinski definition) is 0. The molecule has 0 aromatic rings. The number of rotatable bonds is 23. The molecule has 0 bridgehead atoms. The van der Waals surface area contributed by atoms with Gasteiger partial charge in [0.2, 0.25) is 0 Å². The van der Waals surface area contributed by atoms with E-state index in [1.54, 1.807) is 0 Å². The molecular formula is C27H58ClP. The van der Waals surface area contributed by atoms with Gasteiger partial charge in [0, 0.05) is 0 Å². The van der Waals surface area contributed by atoms with Gasteiger partial charge < -0.3 is 0 Å². The first-order valence-corrected chi connectivity index (χ1v) is 18.2. The second-order valence-electron chi connectivity index (χ2n) is 11.1. The number of halogens is 1. The number of unbranched alkanes of at least 4 members (excludes halogenated alkanes) is 21. The fourth-order valence-corrected chi connectivity index (χ4v) is 5.91. The van der Waals surface area contributed by atoms with Crippen molar-refractivity contribution in [1.29, 1.82) is 0 Å². The zero-order chi connectivity index (χ0) is 21.7. The van der Waals surface area contributed by atoms with Crippen LogP contribution < -0.4 is 0 Å². The predicted octanol–water partition coefficient (Wildman–Crippen LogP) is 11.2. The average Bonchev–Trinajstić information content (AvgIpc) is 2.64. The van der Waals surface area contributed by atoms with Crippen LogP contribution in [0.3, 0.4) is 0 Å². The van der Waals surface area contributed by atoms with Crippen molar-refractivity contribution in [3.63, 3.8) is 0 Å². The summed E-state index contributed by atoms with van der Waals surface area (Å²) in [5.74, 6) is -1.76. The van der Waals surface area contributed by atoms with Crippen LogP contribution in [0.1, 0.15) is 148 Å². The van der Waals surface area contributed by atoms with Gasteiger partial charge in [0.05, 0.1) is 0 Å². The van der Waals surface area contributed by atoms with E-state index in [1.807, 2.05) is 0 Å². The molecule has 0 aromatic carbocycles. The van der Waals surface area contributed by atoms with E-state index >= 15 is 0 Å². The molecule has 0 fully saturated rings. The summed E-state index contributed by atoms with van der Waals surface area (Å²) in [7, 11) is 0. The van der Waals surface area contributed by atoms with Crippen molar-refractivity contribution in [2.24, 2.45) is 0 Å². The van der Waals surface area contributed by atoms with Gasteiger partial charge in [0.15, 0.2) is 0 Å². The fraction of sp³-hybridized carbons (Fsp3) is 1.00. The molecule has 0 spiro atoms. The van der Waals surface area contributed by atoms with Crippen molar-refractivity contribution in [3.8, 4) is 0 Å². The molecule has 2 heteroatoms. The van der Waals surface area contributed by atoms with Crippen LogP contribution in [-0.4, -0.2) is 26.2 Å². The van der Waals surface area contributed by atoms with Gasteiger partial charge in [0.1, 0.15) is 0 Å². The molecular weight excluding hydrogens is 391 g/mol. The second kappa shape index (κ2) is 19.4. The Bertz CT molecular complexity index is 322. The maximum absolute atomic E-state index is 6.61. The monoisotopic (exact) mass is 448 g/mol. The summed E-state index contributed by atoms with van der Waals surface area (Å²) in [6.07, 6.45) is 33.3. The Morgan fingerprint density at radius 2 is 0.586 bits per heavy atom. The molecule has 0 unspecified atom stereocenters. The average molecular weight is 449 g/mol. The van der Waals surface area contributed by atoms with Crippen molar-refractivity contribution < 1.29 is 0 Å². The van der Waals surface area contributed by atoms with E-state index in [-0.39, 0.29) is 0 Å². The van der Waals surface area contributed by atoms with Crippen molar-refractivity contribution in [2.75, 3.05) is 26.2 Å². The Balaban J connectivity index is 3.07. The summed E-state index contributed by atoms with van der Waals surface area (Å²) in [6, 6.07) is 0. The van der Waals surface area contributed by atoms with E-state index in [1.165, 1.54) is 147 Å². The molecule has 0 aromatic heterocycles. The summed E-state index contributed by atoms with van der Waals surface area (Å²) in [5, 5.41) is 0. The van der Waals surface area contributed by atoms with Crippen molar-refractivity contribution in [1.82, 2.24) is 0 Å². The molecule has 0 nitrogen and oxygen atoms in total. The molecule has 0 heterocycles. The summed E-state index contributed by atoms with van der Waals surface area (Å²) in [6.45, 7) is 9.15. The molecule has 0 aliphatic rings. The van der Waals surface area contributed by atoms with Crippen molar-refractivity contribution in [2.45, 2.75) is 148 Å². The Kier molecular flexibility index (Phi) is 19.9. The van der Waals surface area contributed by atoms with Gasteiger partial charge in [-0.05, 0) is 0 Å². The van der Waals surface area contributed by atoms with Crippen LogP contribution in [0.15, 0.2) is 0 Å². The maximum atomic E-state index is 6.61. The van der Waals surface area contributed by atoms with Gasteiger partial charge in [-0.15, -0.1) is 0 Å². The third kappa shape index (κ3) is 28.7. The van der Waals surface area contributed by atoms with Crippen LogP contribution in [0.4, 0.5) is 0 Å².